The van der Waals surface area contributed by atoms with Crippen molar-refractivity contribution in [3.63, 3.8) is 0 Å². The molecule has 0 spiro atoms. The molecule has 0 saturated carbocycles. The van der Waals surface area contributed by atoms with Crippen molar-refractivity contribution >= 4 is 5.91 Å². The number of nitrogens with one attached hydrogen (secondary N) is 1. The predicted molar refractivity (Wildman–Crippen MR) is 96.4 cm³/mol. The van der Waals surface area contributed by atoms with Crippen LogP contribution in [0, 0.1) is 19.8 Å². The highest BCUT2D eigenvalue weighted by atomic mass is 16.5. The zero-order valence-corrected chi connectivity index (χ0v) is 15.8. The standard InChI is InChI=1S/C20H31NO3/c1-12(2)9-17-10-16(21-15(5)22)11-20(24-17)18-7-8-19(23-6)14(4)13(18)3/h7-8,12,16-17,20H,9-11H2,1-6H3,(H,21,22)/t16-,17+,20+/m0/s1. The third kappa shape index (κ3) is 4.50. The van der Waals surface area contributed by atoms with Gasteiger partial charge in [-0.15, -0.1) is 0 Å². The third-order valence-corrected chi connectivity index (χ3v) is 4.89. The summed E-state index contributed by atoms with van der Waals surface area (Å²) in [6, 6.07) is 4.29. The van der Waals surface area contributed by atoms with Crippen molar-refractivity contribution in [3.8, 4) is 5.75 Å². The molecule has 1 aromatic rings. The molecule has 1 amide bonds. The number of hydrogen-bond donors (Lipinski definition) is 1. The Labute approximate surface area is 145 Å². The molecule has 0 bridgehead atoms. The number of carbonyl (C=O) groups excluding carboxylic acids is 1. The minimum atomic E-state index is 0.0176. The Bertz CT molecular complexity index is 582. The van der Waals surface area contributed by atoms with E-state index in [0.717, 1.165) is 30.6 Å². The molecule has 4 nitrogen and oxygen atoms in total. The fraction of sp³-hybridized carbons (Fsp3) is 0.650. The molecule has 1 N–H and O–H groups in total. The number of ether oxygens (including phenoxy) is 2. The lowest BCUT2D eigenvalue weighted by Crippen LogP contribution is -2.42. The number of carbonyl (C=O) groups is 1. The molecule has 24 heavy (non-hydrogen) atoms. The van der Waals surface area contributed by atoms with E-state index >= 15 is 0 Å². The second kappa shape index (κ2) is 8.02. The second-order valence-corrected chi connectivity index (χ2v) is 7.35. The van der Waals surface area contributed by atoms with Crippen LogP contribution in [0.5, 0.6) is 5.75 Å². The van der Waals surface area contributed by atoms with Gasteiger partial charge in [0.25, 0.3) is 0 Å². The van der Waals surface area contributed by atoms with Gasteiger partial charge < -0.3 is 14.8 Å². The van der Waals surface area contributed by atoms with Crippen molar-refractivity contribution in [1.29, 1.82) is 0 Å². The van der Waals surface area contributed by atoms with Crippen LogP contribution in [-0.4, -0.2) is 25.2 Å². The van der Waals surface area contributed by atoms with Crippen LogP contribution >= 0.6 is 0 Å². The van der Waals surface area contributed by atoms with Crippen molar-refractivity contribution in [2.24, 2.45) is 5.92 Å². The van der Waals surface area contributed by atoms with E-state index in [0.29, 0.717) is 5.92 Å². The molecule has 1 fully saturated rings. The smallest absolute Gasteiger partial charge is 0.217 e. The highest BCUT2D eigenvalue weighted by Crippen LogP contribution is 2.37. The molecule has 134 valence electrons. The summed E-state index contributed by atoms with van der Waals surface area (Å²) in [5.41, 5.74) is 3.57. The van der Waals surface area contributed by atoms with Crippen molar-refractivity contribution in [1.82, 2.24) is 5.32 Å². The highest BCUT2D eigenvalue weighted by molar-refractivity contribution is 5.73. The third-order valence-electron chi connectivity index (χ3n) is 4.89. The van der Waals surface area contributed by atoms with Gasteiger partial charge in [0, 0.05) is 13.0 Å². The van der Waals surface area contributed by atoms with Gasteiger partial charge in [0.1, 0.15) is 5.75 Å². The largest absolute Gasteiger partial charge is 0.496 e. The molecular formula is C20H31NO3. The van der Waals surface area contributed by atoms with Crippen LogP contribution in [0.4, 0.5) is 0 Å². The van der Waals surface area contributed by atoms with E-state index in [1.807, 2.05) is 6.07 Å². The lowest BCUT2D eigenvalue weighted by molar-refractivity contribution is -0.122. The summed E-state index contributed by atoms with van der Waals surface area (Å²) in [7, 11) is 1.70. The molecule has 0 aromatic heterocycles. The topological polar surface area (TPSA) is 47.6 Å². The number of hydrogen-bond acceptors (Lipinski definition) is 3. The predicted octanol–water partition coefficient (Wildman–Crippen LogP) is 4.08. The summed E-state index contributed by atoms with van der Waals surface area (Å²) in [6.45, 7) is 10.2. The van der Waals surface area contributed by atoms with Crippen molar-refractivity contribution in [2.75, 3.05) is 7.11 Å². The van der Waals surface area contributed by atoms with E-state index in [9.17, 15) is 4.79 Å². The highest BCUT2D eigenvalue weighted by Gasteiger charge is 2.32. The Morgan fingerprint density at radius 3 is 2.58 bits per heavy atom. The quantitative estimate of drug-likeness (QED) is 0.883. The van der Waals surface area contributed by atoms with Gasteiger partial charge in [-0.25, -0.2) is 0 Å². The SMILES string of the molecule is COc1ccc([C@H]2C[C@@H](NC(C)=O)C[C@@H](CC(C)C)O2)c(C)c1C. The van der Waals surface area contributed by atoms with E-state index in [4.69, 9.17) is 9.47 Å². The maximum atomic E-state index is 11.5. The Morgan fingerprint density at radius 2 is 2.00 bits per heavy atom. The molecule has 4 heteroatoms. The average molecular weight is 333 g/mol. The summed E-state index contributed by atoms with van der Waals surface area (Å²) in [5.74, 6) is 1.52. The molecular weight excluding hydrogens is 302 g/mol. The van der Waals surface area contributed by atoms with Gasteiger partial charge in [0.05, 0.1) is 19.3 Å². The van der Waals surface area contributed by atoms with E-state index in [-0.39, 0.29) is 24.2 Å². The zero-order valence-electron chi connectivity index (χ0n) is 15.8. The van der Waals surface area contributed by atoms with Crippen LogP contribution in [0.3, 0.4) is 0 Å². The maximum Gasteiger partial charge on any atom is 0.217 e. The van der Waals surface area contributed by atoms with Gasteiger partial charge in [0.2, 0.25) is 5.91 Å². The Kier molecular flexibility index (Phi) is 6.27. The Hall–Kier alpha value is -1.55. The van der Waals surface area contributed by atoms with Crippen LogP contribution in [0.1, 0.15) is 62.8 Å². The van der Waals surface area contributed by atoms with Crippen molar-refractivity contribution in [2.45, 2.75) is 72.1 Å². The first kappa shape index (κ1) is 18.8. The van der Waals surface area contributed by atoms with Crippen molar-refractivity contribution < 1.29 is 14.3 Å². The molecule has 1 heterocycles. The van der Waals surface area contributed by atoms with Gasteiger partial charge in [0.15, 0.2) is 0 Å². The minimum absolute atomic E-state index is 0.0176. The van der Waals surface area contributed by atoms with Gasteiger partial charge in [-0.2, -0.15) is 0 Å². The Balaban J connectivity index is 2.26. The summed E-state index contributed by atoms with van der Waals surface area (Å²) in [6.07, 6.45) is 2.93. The first-order chi connectivity index (χ1) is 11.3. The second-order valence-electron chi connectivity index (χ2n) is 7.35. The molecule has 2 rings (SSSR count). The Morgan fingerprint density at radius 1 is 1.29 bits per heavy atom. The van der Waals surface area contributed by atoms with E-state index in [1.54, 1.807) is 14.0 Å². The van der Waals surface area contributed by atoms with Crippen LogP contribution < -0.4 is 10.1 Å². The van der Waals surface area contributed by atoms with Gasteiger partial charge in [-0.3, -0.25) is 4.79 Å². The van der Waals surface area contributed by atoms with Crippen molar-refractivity contribution in [3.05, 3.63) is 28.8 Å². The number of methoxy groups -OCH3 is 1. The minimum Gasteiger partial charge on any atom is -0.496 e. The van der Waals surface area contributed by atoms with Gasteiger partial charge in [-0.1, -0.05) is 19.9 Å². The molecule has 1 saturated heterocycles. The number of benzene rings is 1. The molecule has 1 aliphatic rings. The lowest BCUT2D eigenvalue weighted by atomic mass is 9.88. The molecule has 0 aliphatic carbocycles. The van der Waals surface area contributed by atoms with E-state index < -0.39 is 0 Å². The molecule has 0 radical (unpaired) electrons. The van der Waals surface area contributed by atoms with E-state index in [1.165, 1.54) is 11.1 Å². The van der Waals surface area contributed by atoms with Crippen LogP contribution in [-0.2, 0) is 9.53 Å². The first-order valence-corrected chi connectivity index (χ1v) is 8.88. The number of amides is 1. The zero-order chi connectivity index (χ0) is 17.9. The maximum absolute atomic E-state index is 11.5. The monoisotopic (exact) mass is 333 g/mol. The van der Waals surface area contributed by atoms with E-state index in [2.05, 4.69) is 39.1 Å². The summed E-state index contributed by atoms with van der Waals surface area (Å²) in [5, 5.41) is 3.10. The van der Waals surface area contributed by atoms with Crippen LogP contribution in [0.15, 0.2) is 12.1 Å². The number of rotatable bonds is 5. The normalized spacial score (nSPS) is 24.0. The molecule has 1 aliphatic heterocycles. The molecule has 1 aromatic carbocycles. The lowest BCUT2D eigenvalue weighted by Gasteiger charge is -2.37. The van der Waals surface area contributed by atoms with Crippen LogP contribution in [0.25, 0.3) is 0 Å². The van der Waals surface area contributed by atoms with Gasteiger partial charge in [-0.05, 0) is 61.8 Å². The van der Waals surface area contributed by atoms with Crippen LogP contribution in [0.2, 0.25) is 0 Å². The summed E-state index contributed by atoms with van der Waals surface area (Å²) >= 11 is 0. The average Bonchev–Trinajstić information content (AvgIpc) is 2.48. The summed E-state index contributed by atoms with van der Waals surface area (Å²) in [4.78, 5) is 11.5. The fourth-order valence-corrected chi connectivity index (χ4v) is 3.69. The molecule has 0 unspecified atom stereocenters. The molecule has 3 atom stereocenters. The summed E-state index contributed by atoms with van der Waals surface area (Å²) < 4.78 is 11.8. The first-order valence-electron chi connectivity index (χ1n) is 8.88. The van der Waals surface area contributed by atoms with Gasteiger partial charge >= 0.3 is 0 Å². The fourth-order valence-electron chi connectivity index (χ4n) is 3.69.